The highest BCUT2D eigenvalue weighted by atomic mass is 16.5. The van der Waals surface area contributed by atoms with Crippen molar-refractivity contribution in [2.45, 2.75) is 32.2 Å². The minimum Gasteiger partial charge on any atom is -0.493 e. The van der Waals surface area contributed by atoms with Gasteiger partial charge in [0.2, 0.25) is 5.75 Å². The van der Waals surface area contributed by atoms with Crippen LogP contribution in [0.5, 0.6) is 17.2 Å². The van der Waals surface area contributed by atoms with Crippen molar-refractivity contribution < 1.29 is 14.2 Å². The molecule has 1 fully saturated rings. The van der Waals surface area contributed by atoms with E-state index >= 15 is 0 Å². The van der Waals surface area contributed by atoms with E-state index in [1.165, 1.54) is 19.3 Å². The summed E-state index contributed by atoms with van der Waals surface area (Å²) < 4.78 is 16.1. The highest BCUT2D eigenvalue weighted by Crippen LogP contribution is 2.39. The molecular weight excluding hydrogens is 254 g/mol. The lowest BCUT2D eigenvalue weighted by Crippen LogP contribution is -2.20. The van der Waals surface area contributed by atoms with Crippen molar-refractivity contribution in [3.8, 4) is 17.2 Å². The Morgan fingerprint density at radius 3 is 2.15 bits per heavy atom. The fraction of sp³-hybridized carbons (Fsp3) is 0.625. The minimum absolute atomic E-state index is 0.266. The molecule has 4 heteroatoms. The first-order valence-corrected chi connectivity index (χ1v) is 7.22. The molecular formula is C16H25NO3. The van der Waals surface area contributed by atoms with Gasteiger partial charge in [-0.2, -0.15) is 0 Å². The number of nitrogens with one attached hydrogen (secondary N) is 1. The van der Waals surface area contributed by atoms with E-state index in [1.54, 1.807) is 21.3 Å². The van der Waals surface area contributed by atoms with Crippen LogP contribution in [-0.4, -0.2) is 27.9 Å². The van der Waals surface area contributed by atoms with Gasteiger partial charge in [-0.25, -0.2) is 0 Å². The summed E-state index contributed by atoms with van der Waals surface area (Å²) in [5.74, 6) is 3.01. The summed E-state index contributed by atoms with van der Waals surface area (Å²) in [7, 11) is 4.91. The molecule has 1 N–H and O–H groups in total. The predicted octanol–water partition coefficient (Wildman–Crippen LogP) is 3.16. The Morgan fingerprint density at radius 2 is 1.70 bits per heavy atom. The normalized spacial score (nSPS) is 15.8. The molecule has 20 heavy (non-hydrogen) atoms. The van der Waals surface area contributed by atoms with Gasteiger partial charge in [0.1, 0.15) is 0 Å². The second kappa shape index (κ2) is 6.84. The van der Waals surface area contributed by atoms with E-state index in [2.05, 4.69) is 12.2 Å². The quantitative estimate of drug-likeness (QED) is 0.793. The fourth-order valence-electron chi connectivity index (χ4n) is 2.38. The molecule has 112 valence electrons. The summed E-state index contributed by atoms with van der Waals surface area (Å²) in [6.45, 7) is 3.22. The standard InChI is InChI=1S/C16H25NO3/c1-11(17-8-7-12-5-6-12)13-9-14(18-2)16(20-4)15(10-13)19-3/h9-12,17H,5-8H2,1-4H3. The van der Waals surface area contributed by atoms with Gasteiger partial charge in [-0.15, -0.1) is 0 Å². The van der Waals surface area contributed by atoms with Crippen LogP contribution in [0.3, 0.4) is 0 Å². The summed E-state index contributed by atoms with van der Waals surface area (Å²) in [5.41, 5.74) is 1.15. The highest BCUT2D eigenvalue weighted by Gasteiger charge is 2.21. The van der Waals surface area contributed by atoms with Crippen molar-refractivity contribution in [2.75, 3.05) is 27.9 Å². The van der Waals surface area contributed by atoms with Crippen molar-refractivity contribution in [3.63, 3.8) is 0 Å². The minimum atomic E-state index is 0.266. The molecule has 0 bridgehead atoms. The van der Waals surface area contributed by atoms with Crippen LogP contribution in [0.1, 0.15) is 37.8 Å². The van der Waals surface area contributed by atoms with Crippen LogP contribution >= 0.6 is 0 Å². The second-order valence-corrected chi connectivity index (χ2v) is 5.37. The van der Waals surface area contributed by atoms with Gasteiger partial charge in [0.15, 0.2) is 11.5 Å². The number of ether oxygens (including phenoxy) is 3. The average Bonchev–Trinajstić information content (AvgIpc) is 3.29. The molecule has 2 rings (SSSR count). The monoisotopic (exact) mass is 279 g/mol. The van der Waals surface area contributed by atoms with Crippen LogP contribution in [-0.2, 0) is 0 Å². The van der Waals surface area contributed by atoms with Gasteiger partial charge in [0.25, 0.3) is 0 Å². The van der Waals surface area contributed by atoms with Crippen molar-refractivity contribution in [3.05, 3.63) is 17.7 Å². The third kappa shape index (κ3) is 3.57. The van der Waals surface area contributed by atoms with E-state index < -0.39 is 0 Å². The molecule has 0 amide bonds. The largest absolute Gasteiger partial charge is 0.493 e. The topological polar surface area (TPSA) is 39.7 Å². The van der Waals surface area contributed by atoms with Crippen molar-refractivity contribution >= 4 is 0 Å². The Bertz CT molecular complexity index is 418. The maximum absolute atomic E-state index is 5.39. The van der Waals surface area contributed by atoms with Crippen LogP contribution in [0.4, 0.5) is 0 Å². The van der Waals surface area contributed by atoms with Gasteiger partial charge in [0, 0.05) is 6.04 Å². The number of hydrogen-bond donors (Lipinski definition) is 1. The molecule has 0 radical (unpaired) electrons. The van der Waals surface area contributed by atoms with Crippen LogP contribution in [0.25, 0.3) is 0 Å². The molecule has 1 aromatic rings. The first-order valence-electron chi connectivity index (χ1n) is 7.22. The molecule has 1 atom stereocenters. The van der Waals surface area contributed by atoms with Crippen LogP contribution in [0.15, 0.2) is 12.1 Å². The highest BCUT2D eigenvalue weighted by molar-refractivity contribution is 5.54. The molecule has 4 nitrogen and oxygen atoms in total. The molecule has 0 aliphatic heterocycles. The zero-order valence-corrected chi connectivity index (χ0v) is 12.9. The van der Waals surface area contributed by atoms with Crippen molar-refractivity contribution in [2.24, 2.45) is 5.92 Å². The van der Waals surface area contributed by atoms with E-state index in [1.807, 2.05) is 12.1 Å². The predicted molar refractivity (Wildman–Crippen MR) is 79.9 cm³/mol. The molecule has 1 saturated carbocycles. The lowest BCUT2D eigenvalue weighted by atomic mass is 10.1. The molecule has 0 saturated heterocycles. The van der Waals surface area contributed by atoms with E-state index in [9.17, 15) is 0 Å². The Balaban J connectivity index is 2.08. The van der Waals surface area contributed by atoms with Crippen molar-refractivity contribution in [1.29, 1.82) is 0 Å². The van der Waals surface area contributed by atoms with Crippen molar-refractivity contribution in [1.82, 2.24) is 5.32 Å². The summed E-state index contributed by atoms with van der Waals surface area (Å²) >= 11 is 0. The van der Waals surface area contributed by atoms with Crippen LogP contribution in [0, 0.1) is 5.92 Å². The molecule has 0 heterocycles. The van der Waals surface area contributed by atoms with Gasteiger partial charge < -0.3 is 19.5 Å². The first kappa shape index (κ1) is 15.0. The van der Waals surface area contributed by atoms with Gasteiger partial charge in [-0.05, 0) is 43.5 Å². The SMILES string of the molecule is COc1cc(C(C)NCCC2CC2)cc(OC)c1OC. The zero-order chi connectivity index (χ0) is 14.5. The summed E-state index contributed by atoms with van der Waals surface area (Å²) in [4.78, 5) is 0. The Morgan fingerprint density at radius 1 is 1.10 bits per heavy atom. The van der Waals surface area contributed by atoms with Crippen LogP contribution < -0.4 is 19.5 Å². The molecule has 1 aliphatic carbocycles. The molecule has 1 aliphatic rings. The smallest absolute Gasteiger partial charge is 0.203 e. The van der Waals surface area contributed by atoms with E-state index in [-0.39, 0.29) is 6.04 Å². The average molecular weight is 279 g/mol. The third-order valence-corrected chi connectivity index (χ3v) is 3.89. The number of benzene rings is 1. The maximum Gasteiger partial charge on any atom is 0.203 e. The lowest BCUT2D eigenvalue weighted by Gasteiger charge is -2.18. The molecule has 0 spiro atoms. The fourth-order valence-corrected chi connectivity index (χ4v) is 2.38. The van der Waals surface area contributed by atoms with Crippen LogP contribution in [0.2, 0.25) is 0 Å². The zero-order valence-electron chi connectivity index (χ0n) is 12.9. The van der Waals surface area contributed by atoms with Gasteiger partial charge in [0.05, 0.1) is 21.3 Å². The second-order valence-electron chi connectivity index (χ2n) is 5.37. The summed E-state index contributed by atoms with van der Waals surface area (Å²) in [6, 6.07) is 4.29. The van der Waals surface area contributed by atoms with E-state index in [0.29, 0.717) is 17.2 Å². The number of methoxy groups -OCH3 is 3. The lowest BCUT2D eigenvalue weighted by molar-refractivity contribution is 0.323. The van der Waals surface area contributed by atoms with E-state index in [0.717, 1.165) is 18.0 Å². The maximum atomic E-state index is 5.39. The Labute approximate surface area is 121 Å². The molecule has 0 aromatic heterocycles. The Kier molecular flexibility index (Phi) is 5.12. The summed E-state index contributed by atoms with van der Waals surface area (Å²) in [5, 5.41) is 3.56. The van der Waals surface area contributed by atoms with Gasteiger partial charge in [-0.1, -0.05) is 12.8 Å². The Hall–Kier alpha value is -1.42. The van der Waals surface area contributed by atoms with Gasteiger partial charge >= 0.3 is 0 Å². The molecule has 1 unspecified atom stereocenters. The summed E-state index contributed by atoms with van der Waals surface area (Å²) in [6.07, 6.45) is 4.08. The van der Waals surface area contributed by atoms with Gasteiger partial charge in [-0.3, -0.25) is 0 Å². The third-order valence-electron chi connectivity index (χ3n) is 3.89. The number of hydrogen-bond acceptors (Lipinski definition) is 4. The first-order chi connectivity index (χ1) is 9.69. The van der Waals surface area contributed by atoms with E-state index in [4.69, 9.17) is 14.2 Å². The number of rotatable bonds is 8. The molecule has 1 aromatic carbocycles.